The molecule has 0 saturated carbocycles. The van der Waals surface area contributed by atoms with E-state index in [-0.39, 0.29) is 5.03 Å². The van der Waals surface area contributed by atoms with Crippen molar-refractivity contribution >= 4 is 43.9 Å². The first kappa shape index (κ1) is 16.3. The van der Waals surface area contributed by atoms with Crippen molar-refractivity contribution in [2.75, 3.05) is 6.26 Å². The number of aromatic nitrogens is 2. The Hall–Kier alpha value is -1.56. The minimum atomic E-state index is -3.41. The van der Waals surface area contributed by atoms with Gasteiger partial charge >= 0.3 is 0 Å². The molecule has 2 aromatic carbocycles. The molecule has 23 heavy (non-hydrogen) atoms. The highest BCUT2D eigenvalue weighted by Crippen LogP contribution is 2.37. The zero-order valence-corrected chi connectivity index (χ0v) is 15.1. The quantitative estimate of drug-likeness (QED) is 0.678. The summed E-state index contributed by atoms with van der Waals surface area (Å²) < 4.78 is 25.7. The summed E-state index contributed by atoms with van der Waals surface area (Å²) in [4.78, 5) is 0. The van der Waals surface area contributed by atoms with Crippen molar-refractivity contribution in [3.8, 4) is 11.1 Å². The lowest BCUT2D eigenvalue weighted by Gasteiger charge is -2.08. The Balaban J connectivity index is 2.44. The van der Waals surface area contributed by atoms with Gasteiger partial charge in [0.05, 0.1) is 0 Å². The van der Waals surface area contributed by atoms with Gasteiger partial charge in [0, 0.05) is 39.9 Å². The molecule has 0 atom stereocenters. The van der Waals surface area contributed by atoms with E-state index in [9.17, 15) is 8.42 Å². The van der Waals surface area contributed by atoms with Crippen LogP contribution in [0, 0.1) is 6.92 Å². The highest BCUT2D eigenvalue weighted by atomic mass is 35.5. The van der Waals surface area contributed by atoms with Crippen molar-refractivity contribution in [2.24, 2.45) is 7.05 Å². The second-order valence-corrected chi connectivity index (χ2v) is 8.25. The maximum absolute atomic E-state index is 12.1. The molecule has 3 aromatic rings. The maximum Gasteiger partial charge on any atom is 0.193 e. The first-order valence-electron chi connectivity index (χ1n) is 6.82. The van der Waals surface area contributed by atoms with E-state index < -0.39 is 9.84 Å². The normalized spacial score (nSPS) is 12.0. The van der Waals surface area contributed by atoms with Gasteiger partial charge in [-0.2, -0.15) is 5.10 Å². The molecule has 4 nitrogen and oxygen atoms in total. The summed E-state index contributed by atoms with van der Waals surface area (Å²) in [5.41, 5.74) is 3.00. The van der Waals surface area contributed by atoms with Crippen LogP contribution < -0.4 is 0 Å². The average molecular weight is 369 g/mol. The van der Waals surface area contributed by atoms with Gasteiger partial charge in [-0.25, -0.2) is 8.42 Å². The highest BCUT2D eigenvalue weighted by Gasteiger charge is 2.22. The Bertz CT molecular complexity index is 1040. The molecule has 0 aliphatic heterocycles. The minimum absolute atomic E-state index is 0.205. The molecular weight excluding hydrogens is 355 g/mol. The van der Waals surface area contributed by atoms with Crippen LogP contribution in [0.3, 0.4) is 0 Å². The van der Waals surface area contributed by atoms with Crippen molar-refractivity contribution in [3.05, 3.63) is 45.9 Å². The fraction of sp³-hybridized carbons (Fsp3) is 0.188. The summed E-state index contributed by atoms with van der Waals surface area (Å²) in [7, 11) is -1.78. The van der Waals surface area contributed by atoms with E-state index in [0.717, 1.165) is 16.7 Å². The summed E-state index contributed by atoms with van der Waals surface area (Å²) >= 11 is 12.3. The Morgan fingerprint density at radius 1 is 1.09 bits per heavy atom. The Morgan fingerprint density at radius 3 is 2.35 bits per heavy atom. The van der Waals surface area contributed by atoms with Gasteiger partial charge in [0.1, 0.15) is 5.52 Å². The molecule has 0 saturated heterocycles. The molecule has 0 fully saturated rings. The van der Waals surface area contributed by atoms with Crippen LogP contribution in [0.5, 0.6) is 0 Å². The second-order valence-electron chi connectivity index (χ2n) is 5.48. The number of halogens is 2. The van der Waals surface area contributed by atoms with Gasteiger partial charge in [0.2, 0.25) is 0 Å². The van der Waals surface area contributed by atoms with E-state index in [1.807, 2.05) is 25.1 Å². The molecule has 120 valence electrons. The number of rotatable bonds is 2. The van der Waals surface area contributed by atoms with Crippen molar-refractivity contribution in [1.82, 2.24) is 9.78 Å². The van der Waals surface area contributed by atoms with Gasteiger partial charge in [-0.3, -0.25) is 4.68 Å². The molecule has 0 N–H and O–H groups in total. The maximum atomic E-state index is 12.1. The van der Waals surface area contributed by atoms with Crippen LogP contribution >= 0.6 is 23.2 Å². The molecule has 0 unspecified atom stereocenters. The molecule has 0 aliphatic carbocycles. The van der Waals surface area contributed by atoms with Gasteiger partial charge in [0.15, 0.2) is 14.9 Å². The number of hydrogen-bond acceptors (Lipinski definition) is 3. The summed E-state index contributed by atoms with van der Waals surface area (Å²) in [6.45, 7) is 1.87. The molecule has 0 radical (unpaired) electrons. The molecule has 1 aromatic heterocycles. The van der Waals surface area contributed by atoms with E-state index in [0.29, 0.717) is 20.9 Å². The Morgan fingerprint density at radius 2 is 1.74 bits per heavy atom. The van der Waals surface area contributed by atoms with E-state index in [1.165, 1.54) is 10.9 Å². The minimum Gasteiger partial charge on any atom is -0.256 e. The zero-order chi connectivity index (χ0) is 16.9. The third kappa shape index (κ3) is 2.73. The van der Waals surface area contributed by atoms with E-state index in [1.54, 1.807) is 19.2 Å². The summed E-state index contributed by atoms with van der Waals surface area (Å²) in [6.07, 6.45) is 1.19. The van der Waals surface area contributed by atoms with Gasteiger partial charge in [-0.1, -0.05) is 41.4 Å². The lowest BCUT2D eigenvalue weighted by molar-refractivity contribution is 0.585. The van der Waals surface area contributed by atoms with Gasteiger partial charge in [-0.05, 0) is 24.6 Å². The fourth-order valence-electron chi connectivity index (χ4n) is 2.77. The zero-order valence-electron chi connectivity index (χ0n) is 12.8. The van der Waals surface area contributed by atoms with Crippen molar-refractivity contribution in [1.29, 1.82) is 0 Å². The van der Waals surface area contributed by atoms with Crippen LogP contribution in [-0.2, 0) is 16.9 Å². The monoisotopic (exact) mass is 368 g/mol. The van der Waals surface area contributed by atoms with Crippen LogP contribution in [0.25, 0.3) is 22.0 Å². The van der Waals surface area contributed by atoms with E-state index in [2.05, 4.69) is 5.10 Å². The van der Waals surface area contributed by atoms with Crippen LogP contribution in [0.15, 0.2) is 35.4 Å². The molecule has 0 amide bonds. The highest BCUT2D eigenvalue weighted by molar-refractivity contribution is 7.90. The molecule has 1 heterocycles. The molecule has 0 aliphatic rings. The fourth-order valence-corrected chi connectivity index (χ4v) is 4.43. The smallest absolute Gasteiger partial charge is 0.193 e. The third-order valence-electron chi connectivity index (χ3n) is 3.72. The third-order valence-corrected chi connectivity index (χ3v) is 5.44. The number of sulfone groups is 1. The predicted octanol–water partition coefficient (Wildman–Crippen LogP) is 4.26. The van der Waals surface area contributed by atoms with E-state index in [4.69, 9.17) is 23.2 Å². The second kappa shape index (κ2) is 5.51. The van der Waals surface area contributed by atoms with Crippen molar-refractivity contribution in [2.45, 2.75) is 11.9 Å². The van der Waals surface area contributed by atoms with Gasteiger partial charge in [0.25, 0.3) is 0 Å². The largest absolute Gasteiger partial charge is 0.256 e. The van der Waals surface area contributed by atoms with Gasteiger partial charge in [-0.15, -0.1) is 0 Å². The van der Waals surface area contributed by atoms with Crippen LogP contribution in [0.1, 0.15) is 5.56 Å². The molecule has 0 spiro atoms. The first-order chi connectivity index (χ1) is 10.7. The SMILES string of the molecule is Cc1ccc(-c2ccc(Cl)cc2Cl)c2nn(C)c(S(C)(=O)=O)c12. The molecule has 3 rings (SSSR count). The number of aryl methyl sites for hydroxylation is 2. The van der Waals surface area contributed by atoms with E-state index >= 15 is 0 Å². The number of fused-ring (bicyclic) bond motifs is 1. The summed E-state index contributed by atoms with van der Waals surface area (Å²) in [5, 5.41) is 6.29. The lowest BCUT2D eigenvalue weighted by Crippen LogP contribution is -2.05. The summed E-state index contributed by atoms with van der Waals surface area (Å²) in [6, 6.07) is 8.98. The Labute approximate surface area is 144 Å². The van der Waals surface area contributed by atoms with Crippen molar-refractivity contribution < 1.29 is 8.42 Å². The number of hydrogen-bond donors (Lipinski definition) is 0. The standard InChI is InChI=1S/C16H14Cl2N2O2S/c1-9-4-6-12(11-7-5-10(17)8-13(11)18)15-14(9)16(20(2)19-15)23(3,21)22/h4-8H,1-3H3. The Kier molecular flexibility index (Phi) is 3.91. The van der Waals surface area contributed by atoms with Crippen LogP contribution in [-0.4, -0.2) is 24.5 Å². The lowest BCUT2D eigenvalue weighted by atomic mass is 10.0. The van der Waals surface area contributed by atoms with Crippen molar-refractivity contribution in [3.63, 3.8) is 0 Å². The van der Waals surface area contributed by atoms with Gasteiger partial charge < -0.3 is 0 Å². The average Bonchev–Trinajstić information content (AvgIpc) is 2.78. The number of benzene rings is 2. The van der Waals surface area contributed by atoms with Crippen LogP contribution in [0.2, 0.25) is 10.0 Å². The first-order valence-corrected chi connectivity index (χ1v) is 9.46. The topological polar surface area (TPSA) is 52.0 Å². The molecule has 0 bridgehead atoms. The number of nitrogens with zero attached hydrogens (tertiary/aromatic N) is 2. The summed E-state index contributed by atoms with van der Waals surface area (Å²) in [5.74, 6) is 0. The molecule has 7 heteroatoms. The predicted molar refractivity (Wildman–Crippen MR) is 94.0 cm³/mol. The molecular formula is C16H14Cl2N2O2S. The van der Waals surface area contributed by atoms with Crippen LogP contribution in [0.4, 0.5) is 0 Å².